The number of rotatable bonds is 3. The van der Waals surface area contributed by atoms with Crippen molar-refractivity contribution in [1.82, 2.24) is 4.98 Å². The van der Waals surface area contributed by atoms with Gasteiger partial charge in [0.25, 0.3) is 5.91 Å². The summed E-state index contributed by atoms with van der Waals surface area (Å²) in [7, 11) is 1.57. The lowest BCUT2D eigenvalue weighted by atomic mass is 10.1. The number of hydrogen-bond acceptors (Lipinski definition) is 3. The van der Waals surface area contributed by atoms with E-state index in [4.69, 9.17) is 4.74 Å². The van der Waals surface area contributed by atoms with E-state index in [0.717, 1.165) is 11.8 Å². The van der Waals surface area contributed by atoms with Gasteiger partial charge >= 0.3 is 0 Å². The number of amides is 1. The summed E-state index contributed by atoms with van der Waals surface area (Å²) in [5, 5.41) is 2.66. The third kappa shape index (κ3) is 2.88. The van der Waals surface area contributed by atoms with Crippen molar-refractivity contribution in [2.75, 3.05) is 12.4 Å². The molecule has 0 fully saturated rings. The van der Waals surface area contributed by atoms with E-state index in [1.165, 1.54) is 12.3 Å². The Morgan fingerprint density at radius 2 is 2.16 bits per heavy atom. The molecule has 0 spiro atoms. The molecule has 0 unspecified atom stereocenters. The molecule has 0 radical (unpaired) electrons. The van der Waals surface area contributed by atoms with Gasteiger partial charge in [0.15, 0.2) is 5.82 Å². The van der Waals surface area contributed by atoms with Gasteiger partial charge < -0.3 is 10.1 Å². The van der Waals surface area contributed by atoms with Gasteiger partial charge in [-0.05, 0) is 36.8 Å². The molecule has 1 amide bonds. The molecular weight excluding hydrogens is 247 g/mol. The average Bonchev–Trinajstić information content (AvgIpc) is 2.41. The highest BCUT2D eigenvalue weighted by Crippen LogP contribution is 2.21. The zero-order chi connectivity index (χ0) is 13.8. The average molecular weight is 260 g/mol. The molecule has 1 aromatic carbocycles. The molecule has 0 saturated heterocycles. The van der Waals surface area contributed by atoms with Gasteiger partial charge in [-0.25, -0.2) is 4.39 Å². The molecule has 0 saturated carbocycles. The molecule has 5 heteroatoms. The normalized spacial score (nSPS) is 10.1. The van der Waals surface area contributed by atoms with Crippen LogP contribution in [0.1, 0.15) is 15.9 Å². The van der Waals surface area contributed by atoms with E-state index in [1.54, 1.807) is 25.3 Å². The second kappa shape index (κ2) is 5.48. The number of carbonyl (C=O) groups excluding carboxylic acids is 1. The highest BCUT2D eigenvalue weighted by Gasteiger charge is 2.12. The van der Waals surface area contributed by atoms with Crippen molar-refractivity contribution < 1.29 is 13.9 Å². The number of halogens is 1. The van der Waals surface area contributed by atoms with Crippen LogP contribution in [0.4, 0.5) is 10.1 Å². The SMILES string of the molecule is COc1ccc(NC(=O)c2ccncc2F)c(C)c1. The summed E-state index contributed by atoms with van der Waals surface area (Å²) in [5.74, 6) is -0.454. The van der Waals surface area contributed by atoms with Crippen molar-refractivity contribution in [2.24, 2.45) is 0 Å². The first kappa shape index (κ1) is 13.0. The van der Waals surface area contributed by atoms with E-state index >= 15 is 0 Å². The van der Waals surface area contributed by atoms with E-state index in [-0.39, 0.29) is 5.56 Å². The molecule has 0 atom stereocenters. The first-order valence-corrected chi connectivity index (χ1v) is 5.67. The van der Waals surface area contributed by atoms with Gasteiger partial charge in [-0.1, -0.05) is 0 Å². The number of methoxy groups -OCH3 is 1. The van der Waals surface area contributed by atoms with Crippen LogP contribution >= 0.6 is 0 Å². The number of benzene rings is 1. The minimum Gasteiger partial charge on any atom is -0.497 e. The van der Waals surface area contributed by atoms with Crippen LogP contribution in [0.3, 0.4) is 0 Å². The molecule has 0 aliphatic rings. The maximum absolute atomic E-state index is 13.4. The number of hydrogen-bond donors (Lipinski definition) is 1. The Labute approximate surface area is 110 Å². The van der Waals surface area contributed by atoms with E-state index in [2.05, 4.69) is 10.3 Å². The monoisotopic (exact) mass is 260 g/mol. The van der Waals surface area contributed by atoms with Crippen LogP contribution < -0.4 is 10.1 Å². The molecule has 19 heavy (non-hydrogen) atoms. The Bertz CT molecular complexity index is 614. The fourth-order valence-electron chi connectivity index (χ4n) is 1.65. The molecule has 1 aromatic heterocycles. The lowest BCUT2D eigenvalue weighted by Gasteiger charge is -2.10. The van der Waals surface area contributed by atoms with Crippen molar-refractivity contribution >= 4 is 11.6 Å². The van der Waals surface area contributed by atoms with E-state index in [1.807, 2.05) is 6.92 Å². The predicted octanol–water partition coefficient (Wildman–Crippen LogP) is 2.79. The fraction of sp³-hybridized carbons (Fsp3) is 0.143. The fourth-order valence-corrected chi connectivity index (χ4v) is 1.65. The summed E-state index contributed by atoms with van der Waals surface area (Å²) in [5.41, 5.74) is 1.41. The Morgan fingerprint density at radius 3 is 2.79 bits per heavy atom. The van der Waals surface area contributed by atoms with Crippen molar-refractivity contribution in [3.8, 4) is 5.75 Å². The van der Waals surface area contributed by atoms with Crippen LogP contribution in [0.2, 0.25) is 0 Å². The highest BCUT2D eigenvalue weighted by molar-refractivity contribution is 6.04. The van der Waals surface area contributed by atoms with Crippen molar-refractivity contribution in [1.29, 1.82) is 0 Å². The van der Waals surface area contributed by atoms with Crippen LogP contribution in [0.25, 0.3) is 0 Å². The predicted molar refractivity (Wildman–Crippen MR) is 69.9 cm³/mol. The van der Waals surface area contributed by atoms with Gasteiger partial charge in [0.2, 0.25) is 0 Å². The van der Waals surface area contributed by atoms with Crippen LogP contribution in [-0.4, -0.2) is 18.0 Å². The first-order valence-electron chi connectivity index (χ1n) is 5.67. The molecule has 0 aliphatic carbocycles. The summed E-state index contributed by atoms with van der Waals surface area (Å²) >= 11 is 0. The summed E-state index contributed by atoms with van der Waals surface area (Å²) in [6, 6.07) is 6.57. The topological polar surface area (TPSA) is 51.2 Å². The standard InChI is InChI=1S/C14H13FN2O2/c1-9-7-10(19-2)3-4-13(9)17-14(18)11-5-6-16-8-12(11)15/h3-8H,1-2H3,(H,17,18). The molecule has 0 aliphatic heterocycles. The molecule has 1 N–H and O–H groups in total. The maximum atomic E-state index is 13.4. The molecule has 2 rings (SSSR count). The van der Waals surface area contributed by atoms with Crippen LogP contribution in [0.15, 0.2) is 36.7 Å². The highest BCUT2D eigenvalue weighted by atomic mass is 19.1. The van der Waals surface area contributed by atoms with Gasteiger partial charge in [0.05, 0.1) is 18.9 Å². The zero-order valence-electron chi connectivity index (χ0n) is 10.6. The van der Waals surface area contributed by atoms with Crippen LogP contribution in [-0.2, 0) is 0 Å². The van der Waals surface area contributed by atoms with Crippen molar-refractivity contribution in [2.45, 2.75) is 6.92 Å². The third-order valence-corrected chi connectivity index (χ3v) is 2.70. The van der Waals surface area contributed by atoms with Crippen LogP contribution in [0, 0.1) is 12.7 Å². The zero-order valence-corrected chi connectivity index (χ0v) is 10.6. The molecule has 4 nitrogen and oxygen atoms in total. The lowest BCUT2D eigenvalue weighted by Crippen LogP contribution is -2.14. The number of aryl methyl sites for hydroxylation is 1. The second-order valence-electron chi connectivity index (χ2n) is 3.99. The van der Waals surface area contributed by atoms with E-state index in [9.17, 15) is 9.18 Å². The minimum absolute atomic E-state index is 0.0368. The summed E-state index contributed by atoms with van der Waals surface area (Å²) in [6.45, 7) is 1.83. The number of anilines is 1. The second-order valence-corrected chi connectivity index (χ2v) is 3.99. The van der Waals surface area contributed by atoms with E-state index < -0.39 is 11.7 Å². The van der Waals surface area contributed by atoms with E-state index in [0.29, 0.717) is 11.4 Å². The lowest BCUT2D eigenvalue weighted by molar-refractivity contribution is 0.102. The summed E-state index contributed by atoms with van der Waals surface area (Å²) in [6.07, 6.45) is 2.38. The third-order valence-electron chi connectivity index (χ3n) is 2.70. The van der Waals surface area contributed by atoms with Gasteiger partial charge in [-0.3, -0.25) is 9.78 Å². The van der Waals surface area contributed by atoms with Gasteiger partial charge in [0.1, 0.15) is 5.75 Å². The van der Waals surface area contributed by atoms with Gasteiger partial charge in [-0.2, -0.15) is 0 Å². The number of pyridine rings is 1. The Morgan fingerprint density at radius 1 is 1.37 bits per heavy atom. The number of carbonyl (C=O) groups is 1. The first-order chi connectivity index (χ1) is 9.11. The smallest absolute Gasteiger partial charge is 0.258 e. The van der Waals surface area contributed by atoms with Gasteiger partial charge in [-0.15, -0.1) is 0 Å². The Hall–Kier alpha value is -2.43. The summed E-state index contributed by atoms with van der Waals surface area (Å²) in [4.78, 5) is 15.5. The molecule has 98 valence electrons. The van der Waals surface area contributed by atoms with Crippen LogP contribution in [0.5, 0.6) is 5.75 Å². The molecule has 2 aromatic rings. The van der Waals surface area contributed by atoms with Crippen molar-refractivity contribution in [3.05, 3.63) is 53.6 Å². The largest absolute Gasteiger partial charge is 0.497 e. The maximum Gasteiger partial charge on any atom is 0.258 e. The Kier molecular flexibility index (Phi) is 3.75. The van der Waals surface area contributed by atoms with Crippen molar-refractivity contribution in [3.63, 3.8) is 0 Å². The molecule has 1 heterocycles. The number of nitrogens with one attached hydrogen (secondary N) is 1. The number of ether oxygens (including phenoxy) is 1. The number of nitrogens with zero attached hydrogens (tertiary/aromatic N) is 1. The quantitative estimate of drug-likeness (QED) is 0.923. The van der Waals surface area contributed by atoms with Gasteiger partial charge in [0, 0.05) is 11.9 Å². The molecular formula is C14H13FN2O2. The summed E-state index contributed by atoms with van der Waals surface area (Å²) < 4.78 is 18.5. The Balaban J connectivity index is 2.22. The minimum atomic E-state index is -0.647. The number of aromatic nitrogens is 1. The molecule has 0 bridgehead atoms.